The highest BCUT2D eigenvalue weighted by Gasteiger charge is 2.42. The van der Waals surface area contributed by atoms with E-state index in [4.69, 9.17) is 13.9 Å². The van der Waals surface area contributed by atoms with Gasteiger partial charge in [-0.15, -0.1) is 0 Å². The Morgan fingerprint density at radius 2 is 1.29 bits per heavy atom. The van der Waals surface area contributed by atoms with Crippen LogP contribution >= 0.6 is 0 Å². The highest BCUT2D eigenvalue weighted by Crippen LogP contribution is 2.43. The van der Waals surface area contributed by atoms with Gasteiger partial charge in [-0.25, -0.2) is 0 Å². The normalized spacial score (nSPS) is 15.1. The van der Waals surface area contributed by atoms with Crippen LogP contribution in [0.4, 0.5) is 0 Å². The first-order chi connectivity index (χ1) is 14.4. The van der Waals surface area contributed by atoms with Crippen molar-refractivity contribution in [2.45, 2.75) is 58.9 Å². The lowest BCUT2D eigenvalue weighted by atomic mass is 9.82. The molecule has 0 saturated carbocycles. The van der Waals surface area contributed by atoms with Crippen LogP contribution in [0.25, 0.3) is 0 Å². The van der Waals surface area contributed by atoms with Crippen molar-refractivity contribution in [2.75, 3.05) is 14.2 Å². The summed E-state index contributed by atoms with van der Waals surface area (Å²) in [5, 5.41) is 0.0701. The summed E-state index contributed by atoms with van der Waals surface area (Å²) in [6.07, 6.45) is -0.177. The number of hydrogen-bond donors (Lipinski definition) is 0. The van der Waals surface area contributed by atoms with E-state index in [9.17, 15) is 4.79 Å². The molecule has 0 aliphatic heterocycles. The summed E-state index contributed by atoms with van der Waals surface area (Å²) in [4.78, 5) is 13.3. The summed E-state index contributed by atoms with van der Waals surface area (Å²) in [6.45, 7) is 15.3. The second-order valence-electron chi connectivity index (χ2n) is 9.81. The third-order valence-corrected chi connectivity index (χ3v) is 11.2. The molecule has 0 radical (unpaired) electrons. The van der Waals surface area contributed by atoms with E-state index in [1.54, 1.807) is 14.2 Å². The van der Waals surface area contributed by atoms with Crippen molar-refractivity contribution in [3.8, 4) is 11.5 Å². The SMILES string of the molecule is COc1ccc(C(=O)[C@H](C)[C@@H](C)[C@@H](O[Si](C)(C)C(C)(C)C)c2ccc(OC)cc2)cc1. The Morgan fingerprint density at radius 1 is 0.839 bits per heavy atom. The molecule has 31 heavy (non-hydrogen) atoms. The maximum atomic E-state index is 13.3. The lowest BCUT2D eigenvalue weighted by Gasteiger charge is -2.42. The summed E-state index contributed by atoms with van der Waals surface area (Å²) < 4.78 is 17.4. The molecule has 5 heteroatoms. The van der Waals surface area contributed by atoms with E-state index in [0.29, 0.717) is 5.56 Å². The van der Waals surface area contributed by atoms with Gasteiger partial charge < -0.3 is 13.9 Å². The Bertz CT molecular complexity index is 850. The summed E-state index contributed by atoms with van der Waals surface area (Å²) >= 11 is 0. The predicted molar refractivity (Wildman–Crippen MR) is 130 cm³/mol. The van der Waals surface area contributed by atoms with Crippen molar-refractivity contribution in [3.05, 3.63) is 59.7 Å². The average Bonchev–Trinajstić information content (AvgIpc) is 2.75. The Hall–Kier alpha value is -2.11. The molecular weight excluding hydrogens is 404 g/mol. The minimum atomic E-state index is -2.07. The van der Waals surface area contributed by atoms with Crippen LogP contribution in [0.15, 0.2) is 48.5 Å². The highest BCUT2D eigenvalue weighted by atomic mass is 28.4. The van der Waals surface area contributed by atoms with Crippen LogP contribution in [0.5, 0.6) is 11.5 Å². The van der Waals surface area contributed by atoms with Crippen LogP contribution < -0.4 is 9.47 Å². The van der Waals surface area contributed by atoms with E-state index >= 15 is 0 Å². The smallest absolute Gasteiger partial charge is 0.192 e. The number of ketones is 1. The van der Waals surface area contributed by atoms with Gasteiger partial charge in [-0.05, 0) is 66.0 Å². The minimum Gasteiger partial charge on any atom is -0.497 e. The monoisotopic (exact) mass is 442 g/mol. The van der Waals surface area contributed by atoms with E-state index in [2.05, 4.69) is 52.9 Å². The van der Waals surface area contributed by atoms with Crippen molar-refractivity contribution >= 4 is 14.1 Å². The number of carbonyl (C=O) groups is 1. The molecule has 0 bridgehead atoms. The molecule has 0 saturated heterocycles. The lowest BCUT2D eigenvalue weighted by molar-refractivity contribution is 0.0694. The second kappa shape index (κ2) is 10.0. The van der Waals surface area contributed by atoms with Gasteiger partial charge in [0.25, 0.3) is 0 Å². The van der Waals surface area contributed by atoms with Crippen LogP contribution in [-0.4, -0.2) is 28.3 Å². The Kier molecular flexibility index (Phi) is 8.12. The first-order valence-corrected chi connectivity index (χ1v) is 13.8. The van der Waals surface area contributed by atoms with Crippen molar-refractivity contribution < 1.29 is 18.7 Å². The van der Waals surface area contributed by atoms with Gasteiger partial charge in [-0.1, -0.05) is 46.8 Å². The number of rotatable bonds is 9. The Morgan fingerprint density at radius 3 is 1.71 bits per heavy atom. The van der Waals surface area contributed by atoms with Gasteiger partial charge >= 0.3 is 0 Å². The van der Waals surface area contributed by atoms with Gasteiger partial charge in [-0.3, -0.25) is 4.79 Å². The molecule has 0 aliphatic carbocycles. The number of ether oxygens (including phenoxy) is 2. The van der Waals surface area contributed by atoms with Crippen LogP contribution in [0.1, 0.15) is 56.6 Å². The molecule has 170 valence electrons. The number of hydrogen-bond acceptors (Lipinski definition) is 4. The molecule has 0 fully saturated rings. The van der Waals surface area contributed by atoms with Gasteiger partial charge in [0, 0.05) is 11.5 Å². The minimum absolute atomic E-state index is 0.00267. The number of Topliss-reactive ketones (excluding diaryl/α,β-unsaturated/α-hetero) is 1. The first kappa shape index (κ1) is 25.2. The van der Waals surface area contributed by atoms with E-state index in [-0.39, 0.29) is 28.8 Å². The lowest BCUT2D eigenvalue weighted by Crippen LogP contribution is -2.43. The number of methoxy groups -OCH3 is 2. The second-order valence-corrected chi connectivity index (χ2v) is 14.6. The van der Waals surface area contributed by atoms with Crippen molar-refractivity contribution in [1.82, 2.24) is 0 Å². The Balaban J connectivity index is 2.36. The highest BCUT2D eigenvalue weighted by molar-refractivity contribution is 6.74. The molecule has 0 heterocycles. The van der Waals surface area contributed by atoms with Gasteiger partial charge in [0.2, 0.25) is 0 Å². The van der Waals surface area contributed by atoms with E-state index in [0.717, 1.165) is 17.1 Å². The van der Waals surface area contributed by atoms with Gasteiger partial charge in [0.1, 0.15) is 11.5 Å². The zero-order chi connectivity index (χ0) is 23.4. The standard InChI is InChI=1S/C26H38O4Si/c1-18(24(27)20-10-14-22(28-6)15-11-20)19(2)25(30-31(8,9)26(3,4)5)21-12-16-23(29-7)17-13-21/h10-19,25H,1-9H3/t18-,19-,25-/m1/s1. The third kappa shape index (κ3) is 5.98. The van der Waals surface area contributed by atoms with Crippen LogP contribution in [0.3, 0.4) is 0 Å². The van der Waals surface area contributed by atoms with Gasteiger partial charge in [-0.2, -0.15) is 0 Å². The first-order valence-electron chi connectivity index (χ1n) is 10.9. The Labute approximate surface area is 189 Å². The largest absolute Gasteiger partial charge is 0.497 e. The maximum absolute atomic E-state index is 13.3. The molecular formula is C26H38O4Si. The number of carbonyl (C=O) groups excluding carboxylic acids is 1. The topological polar surface area (TPSA) is 44.8 Å². The fourth-order valence-electron chi connectivity index (χ4n) is 3.29. The van der Waals surface area contributed by atoms with Gasteiger partial charge in [0.15, 0.2) is 14.1 Å². The quantitative estimate of drug-likeness (QED) is 0.312. The molecule has 0 unspecified atom stereocenters. The van der Waals surface area contributed by atoms with E-state index in [1.807, 2.05) is 43.3 Å². The van der Waals surface area contributed by atoms with Crippen LogP contribution in [0.2, 0.25) is 18.1 Å². The maximum Gasteiger partial charge on any atom is 0.192 e. The summed E-state index contributed by atoms with van der Waals surface area (Å²) in [6, 6.07) is 15.4. The fraction of sp³-hybridized carbons (Fsp3) is 0.500. The molecule has 2 aromatic carbocycles. The third-order valence-electron chi connectivity index (χ3n) is 6.73. The molecule has 0 spiro atoms. The molecule has 0 aromatic heterocycles. The molecule has 2 aromatic rings. The summed E-state index contributed by atoms with van der Waals surface area (Å²) in [5.74, 6) is 1.47. The number of benzene rings is 2. The summed E-state index contributed by atoms with van der Waals surface area (Å²) in [7, 11) is 1.22. The predicted octanol–water partition coefficient (Wildman–Crippen LogP) is 6.92. The van der Waals surface area contributed by atoms with Crippen LogP contribution in [-0.2, 0) is 4.43 Å². The van der Waals surface area contributed by atoms with E-state index in [1.165, 1.54) is 0 Å². The molecule has 3 atom stereocenters. The molecule has 0 amide bonds. The van der Waals surface area contributed by atoms with Crippen molar-refractivity contribution in [3.63, 3.8) is 0 Å². The molecule has 0 N–H and O–H groups in total. The zero-order valence-electron chi connectivity index (χ0n) is 20.5. The van der Waals surface area contributed by atoms with Crippen molar-refractivity contribution in [1.29, 1.82) is 0 Å². The average molecular weight is 443 g/mol. The fourth-order valence-corrected chi connectivity index (χ4v) is 4.62. The molecule has 2 rings (SSSR count). The molecule has 0 aliphatic rings. The van der Waals surface area contributed by atoms with Crippen LogP contribution in [0, 0.1) is 11.8 Å². The molecule has 4 nitrogen and oxygen atoms in total. The van der Waals surface area contributed by atoms with Crippen molar-refractivity contribution in [2.24, 2.45) is 11.8 Å². The summed E-state index contributed by atoms with van der Waals surface area (Å²) in [5.41, 5.74) is 1.77. The van der Waals surface area contributed by atoms with E-state index < -0.39 is 8.32 Å². The van der Waals surface area contributed by atoms with Gasteiger partial charge in [0.05, 0.1) is 20.3 Å². The zero-order valence-corrected chi connectivity index (χ0v) is 21.5.